The molecule has 0 saturated heterocycles. The lowest BCUT2D eigenvalue weighted by molar-refractivity contribution is -0.134. The van der Waals surface area contributed by atoms with Crippen LogP contribution in [0.5, 0.6) is 0 Å². The maximum absolute atomic E-state index is 12.2. The van der Waals surface area contributed by atoms with E-state index >= 15 is 0 Å². The normalized spacial score (nSPS) is 14.6. The van der Waals surface area contributed by atoms with Gasteiger partial charge in [0.2, 0.25) is 6.41 Å². The molecule has 2 atom stereocenters. The smallest absolute Gasteiger partial charge is 0.210 e. The first-order valence-electron chi connectivity index (χ1n) is 8.18. The summed E-state index contributed by atoms with van der Waals surface area (Å²) in [6, 6.07) is 0. The molecule has 0 aromatic heterocycles. The zero-order valence-corrected chi connectivity index (χ0v) is 14.6. The van der Waals surface area contributed by atoms with Gasteiger partial charge in [-0.2, -0.15) is 0 Å². The highest BCUT2D eigenvalue weighted by molar-refractivity contribution is 5.87. The van der Waals surface area contributed by atoms with E-state index < -0.39 is 0 Å². The van der Waals surface area contributed by atoms with Gasteiger partial charge in [0, 0.05) is 12.0 Å². The minimum absolute atomic E-state index is 0.00712. The predicted octanol–water partition coefficient (Wildman–Crippen LogP) is 3.43. The highest BCUT2D eigenvalue weighted by atomic mass is 16.5. The van der Waals surface area contributed by atoms with Crippen LogP contribution in [0.4, 0.5) is 0 Å². The number of carbonyl (C=O) groups is 2. The fourth-order valence-electron chi connectivity index (χ4n) is 1.95. The number of rotatable bonds is 12. The predicted molar refractivity (Wildman–Crippen MR) is 86.3 cm³/mol. The molecule has 1 amide bonds. The third kappa shape index (κ3) is 7.60. The molecule has 0 heterocycles. The van der Waals surface area contributed by atoms with Gasteiger partial charge < -0.3 is 9.64 Å². The van der Waals surface area contributed by atoms with Gasteiger partial charge in [0.1, 0.15) is 0 Å². The highest BCUT2D eigenvalue weighted by Crippen LogP contribution is 2.21. The molecular formula is C17H33NO3. The Morgan fingerprint density at radius 2 is 1.90 bits per heavy atom. The lowest BCUT2D eigenvalue weighted by Gasteiger charge is -2.29. The van der Waals surface area contributed by atoms with Crippen molar-refractivity contribution >= 4 is 12.2 Å². The van der Waals surface area contributed by atoms with Crippen LogP contribution in [0.3, 0.4) is 0 Å². The highest BCUT2D eigenvalue weighted by Gasteiger charge is 2.27. The molecule has 0 bridgehead atoms. The first-order chi connectivity index (χ1) is 9.80. The van der Waals surface area contributed by atoms with E-state index in [4.69, 9.17) is 4.74 Å². The summed E-state index contributed by atoms with van der Waals surface area (Å²) in [7, 11) is 0. The van der Waals surface area contributed by atoms with Gasteiger partial charge in [0.25, 0.3) is 0 Å². The van der Waals surface area contributed by atoms with Gasteiger partial charge in [0.05, 0.1) is 18.8 Å². The summed E-state index contributed by atoms with van der Waals surface area (Å²) in [4.78, 5) is 25.1. The number of ketones is 1. The number of carbonyl (C=O) groups excluding carboxylic acids is 2. The van der Waals surface area contributed by atoms with E-state index in [1.165, 1.54) is 0 Å². The van der Waals surface area contributed by atoms with Crippen LogP contribution in [0, 0.1) is 5.41 Å². The van der Waals surface area contributed by atoms with Gasteiger partial charge in [-0.1, -0.05) is 41.0 Å². The van der Waals surface area contributed by atoms with E-state index in [0.717, 1.165) is 32.1 Å². The molecule has 0 aliphatic carbocycles. The molecule has 0 aliphatic heterocycles. The Balaban J connectivity index is 4.63. The largest absolute Gasteiger partial charge is 0.373 e. The molecule has 0 radical (unpaired) electrons. The third-order valence-electron chi connectivity index (χ3n) is 4.18. The molecule has 0 rings (SSSR count). The van der Waals surface area contributed by atoms with Crippen LogP contribution in [-0.2, 0) is 14.3 Å². The van der Waals surface area contributed by atoms with E-state index in [1.54, 1.807) is 4.90 Å². The Kier molecular flexibility index (Phi) is 9.51. The molecule has 0 saturated carbocycles. The average Bonchev–Trinajstić information content (AvgIpc) is 2.46. The van der Waals surface area contributed by atoms with Gasteiger partial charge in [0.15, 0.2) is 5.78 Å². The second-order valence-corrected chi connectivity index (χ2v) is 6.46. The zero-order chi connectivity index (χ0) is 16.5. The summed E-state index contributed by atoms with van der Waals surface area (Å²) in [6.45, 7) is 12.7. The Hall–Kier alpha value is -0.900. The third-order valence-corrected chi connectivity index (χ3v) is 4.18. The van der Waals surface area contributed by atoms with Gasteiger partial charge in [-0.05, 0) is 26.2 Å². The Morgan fingerprint density at radius 1 is 1.29 bits per heavy atom. The molecule has 4 nitrogen and oxygen atoms in total. The van der Waals surface area contributed by atoms with Gasteiger partial charge in [-0.25, -0.2) is 0 Å². The quantitative estimate of drug-likeness (QED) is 0.519. The number of amides is 1. The molecule has 124 valence electrons. The molecular weight excluding hydrogens is 266 g/mol. The summed E-state index contributed by atoms with van der Waals surface area (Å²) < 4.78 is 5.95. The summed E-state index contributed by atoms with van der Waals surface area (Å²) in [5.41, 5.74) is -0.376. The molecule has 0 spiro atoms. The van der Waals surface area contributed by atoms with Crippen LogP contribution in [0.2, 0.25) is 0 Å². The lowest BCUT2D eigenvalue weighted by atomic mass is 9.85. The fourth-order valence-corrected chi connectivity index (χ4v) is 1.95. The zero-order valence-electron chi connectivity index (χ0n) is 14.6. The number of ether oxygens (including phenoxy) is 1. The monoisotopic (exact) mass is 299 g/mol. The second kappa shape index (κ2) is 9.93. The molecule has 0 aromatic rings. The number of hydrogen-bond donors (Lipinski definition) is 0. The van der Waals surface area contributed by atoms with Crippen LogP contribution >= 0.6 is 0 Å². The first kappa shape index (κ1) is 20.1. The Bertz CT molecular complexity index is 315. The standard InChI is InChI=1S/C17H33NO3/c1-7-10-15(21-14(4)8-2)11-18(13-19)12-16(20)17(5,6)9-3/h13-15H,7-12H2,1-6H3. The second-order valence-electron chi connectivity index (χ2n) is 6.46. The van der Waals surface area contributed by atoms with Crippen molar-refractivity contribution in [2.24, 2.45) is 5.41 Å². The molecule has 0 fully saturated rings. The average molecular weight is 299 g/mol. The summed E-state index contributed by atoms with van der Waals surface area (Å²) in [5.74, 6) is 0.107. The van der Waals surface area contributed by atoms with Crippen molar-refractivity contribution in [1.82, 2.24) is 4.90 Å². The lowest BCUT2D eigenvalue weighted by Crippen LogP contribution is -2.41. The molecule has 0 N–H and O–H groups in total. The van der Waals surface area contributed by atoms with Crippen molar-refractivity contribution in [2.75, 3.05) is 13.1 Å². The van der Waals surface area contributed by atoms with Crippen molar-refractivity contribution in [3.05, 3.63) is 0 Å². The summed E-state index contributed by atoms with van der Waals surface area (Å²) in [5, 5.41) is 0. The Labute approximate surface area is 130 Å². The van der Waals surface area contributed by atoms with E-state index in [0.29, 0.717) is 6.54 Å². The minimum Gasteiger partial charge on any atom is -0.373 e. The van der Waals surface area contributed by atoms with Crippen molar-refractivity contribution in [1.29, 1.82) is 0 Å². The minimum atomic E-state index is -0.376. The van der Waals surface area contributed by atoms with E-state index in [9.17, 15) is 9.59 Å². The van der Waals surface area contributed by atoms with Crippen LogP contribution in [-0.4, -0.2) is 42.4 Å². The van der Waals surface area contributed by atoms with Crippen LogP contribution < -0.4 is 0 Å². The van der Waals surface area contributed by atoms with Gasteiger partial charge in [-0.15, -0.1) is 0 Å². The first-order valence-corrected chi connectivity index (χ1v) is 8.18. The van der Waals surface area contributed by atoms with E-state index in [2.05, 4.69) is 13.8 Å². The maximum atomic E-state index is 12.2. The maximum Gasteiger partial charge on any atom is 0.210 e. The van der Waals surface area contributed by atoms with Gasteiger partial charge in [-0.3, -0.25) is 9.59 Å². The number of Topliss-reactive ketones (excluding diaryl/α,β-unsaturated/α-hetero) is 1. The van der Waals surface area contributed by atoms with E-state index in [1.807, 2.05) is 27.7 Å². The Morgan fingerprint density at radius 3 is 2.33 bits per heavy atom. The molecule has 2 unspecified atom stereocenters. The summed E-state index contributed by atoms with van der Waals surface area (Å²) >= 11 is 0. The summed E-state index contributed by atoms with van der Waals surface area (Å²) in [6.07, 6.45) is 4.59. The van der Waals surface area contributed by atoms with Crippen LogP contribution in [0.1, 0.15) is 67.2 Å². The van der Waals surface area contributed by atoms with Crippen molar-refractivity contribution in [2.45, 2.75) is 79.4 Å². The molecule has 0 aromatic carbocycles. The van der Waals surface area contributed by atoms with Gasteiger partial charge >= 0.3 is 0 Å². The van der Waals surface area contributed by atoms with Crippen LogP contribution in [0.15, 0.2) is 0 Å². The SMILES string of the molecule is CCCC(CN(C=O)CC(=O)C(C)(C)CC)OC(C)CC. The fraction of sp³-hybridized carbons (Fsp3) is 0.882. The van der Waals surface area contributed by atoms with Crippen LogP contribution in [0.25, 0.3) is 0 Å². The molecule has 4 heteroatoms. The van der Waals surface area contributed by atoms with Crippen molar-refractivity contribution < 1.29 is 14.3 Å². The number of nitrogens with zero attached hydrogens (tertiary/aromatic N) is 1. The van der Waals surface area contributed by atoms with Crippen molar-refractivity contribution in [3.63, 3.8) is 0 Å². The topological polar surface area (TPSA) is 46.6 Å². The van der Waals surface area contributed by atoms with Crippen molar-refractivity contribution in [3.8, 4) is 0 Å². The molecule has 0 aliphatic rings. The molecule has 21 heavy (non-hydrogen) atoms. The van der Waals surface area contributed by atoms with E-state index in [-0.39, 0.29) is 30.0 Å². The number of hydrogen-bond acceptors (Lipinski definition) is 3.